The zero-order valence-corrected chi connectivity index (χ0v) is 28.5. The van der Waals surface area contributed by atoms with E-state index in [0.29, 0.717) is 23.2 Å². The van der Waals surface area contributed by atoms with Crippen LogP contribution < -0.4 is 0 Å². The van der Waals surface area contributed by atoms with Gasteiger partial charge in [-0.1, -0.05) is 127 Å². The molecule has 0 N–H and O–H groups in total. The lowest BCUT2D eigenvalue weighted by Gasteiger charge is -2.11. The molecule has 5 nitrogen and oxygen atoms in total. The lowest BCUT2D eigenvalue weighted by molar-refractivity contribution is 0.953. The largest absolute Gasteiger partial charge is 0.278 e. The molecule has 10 rings (SSSR count). The van der Waals surface area contributed by atoms with Gasteiger partial charge in [0, 0.05) is 42.1 Å². The number of nitrogens with zero attached hydrogens (tertiary/aromatic N) is 5. The lowest BCUT2D eigenvalue weighted by Crippen LogP contribution is -2.06. The van der Waals surface area contributed by atoms with Crippen LogP contribution in [0.2, 0.25) is 0 Å². The third kappa shape index (κ3) is 4.95. The minimum absolute atomic E-state index is 0.581. The SMILES string of the molecule is N#Cc1ccc2c(c1)sc1cccc(-c3cccc(-c4ccc(-c5nc(-c6ccccc6)nc(-n6c7ccccc7c7ccccc76)n5)cc4)c3)c12. The highest BCUT2D eigenvalue weighted by molar-refractivity contribution is 7.26. The summed E-state index contributed by atoms with van der Waals surface area (Å²) >= 11 is 1.73. The minimum Gasteiger partial charge on any atom is -0.278 e. The highest BCUT2D eigenvalue weighted by atomic mass is 32.1. The molecule has 0 bridgehead atoms. The average Bonchev–Trinajstić information content (AvgIpc) is 3.76. The van der Waals surface area contributed by atoms with Crippen molar-refractivity contribution in [2.24, 2.45) is 0 Å². The number of nitriles is 1. The Hall–Kier alpha value is -6.94. The van der Waals surface area contributed by atoms with Crippen molar-refractivity contribution in [3.05, 3.63) is 169 Å². The molecule has 7 aromatic carbocycles. The normalized spacial score (nSPS) is 11.4. The molecule has 0 spiro atoms. The van der Waals surface area contributed by atoms with Crippen LogP contribution in [0, 0.1) is 11.3 Å². The Bertz CT molecular complexity index is 2970. The molecular formula is C46H27N5S. The van der Waals surface area contributed by atoms with Gasteiger partial charge in [0.05, 0.1) is 22.7 Å². The fourth-order valence-electron chi connectivity index (χ4n) is 7.26. The van der Waals surface area contributed by atoms with E-state index in [2.05, 4.69) is 132 Å². The summed E-state index contributed by atoms with van der Waals surface area (Å²) in [6, 6.07) is 58.8. The van der Waals surface area contributed by atoms with Crippen LogP contribution >= 0.6 is 11.3 Å². The number of thiophene rings is 1. The van der Waals surface area contributed by atoms with Crippen LogP contribution in [-0.4, -0.2) is 19.5 Å². The second kappa shape index (κ2) is 12.1. The van der Waals surface area contributed by atoms with Gasteiger partial charge in [-0.25, -0.2) is 4.98 Å². The molecule has 0 amide bonds. The van der Waals surface area contributed by atoms with Crippen LogP contribution in [0.25, 0.3) is 93.0 Å². The maximum absolute atomic E-state index is 9.45. The summed E-state index contributed by atoms with van der Waals surface area (Å²) in [6.07, 6.45) is 0. The van der Waals surface area contributed by atoms with Crippen molar-refractivity contribution in [2.45, 2.75) is 0 Å². The standard InChI is InChI=1S/C46H27N5S/c47-28-29-20-25-38-42(26-29)52-41-19-9-16-35(43(38)41)34-13-8-12-33(27-34)30-21-23-32(24-22-30)45-48-44(31-10-2-1-3-11-31)49-46(50-45)51-39-17-6-4-14-36(39)37-15-5-7-18-40(37)51/h1-27H. The van der Waals surface area contributed by atoms with Crippen LogP contribution in [0.1, 0.15) is 5.56 Å². The zero-order chi connectivity index (χ0) is 34.6. The number of hydrogen-bond acceptors (Lipinski definition) is 5. The second-order valence-corrected chi connectivity index (χ2v) is 13.9. The molecule has 3 heterocycles. The van der Waals surface area contributed by atoms with Gasteiger partial charge in [0.1, 0.15) is 0 Å². The average molecular weight is 682 g/mol. The van der Waals surface area contributed by atoms with Crippen molar-refractivity contribution in [1.29, 1.82) is 5.26 Å². The van der Waals surface area contributed by atoms with Crippen molar-refractivity contribution >= 4 is 53.3 Å². The number of para-hydroxylation sites is 2. The summed E-state index contributed by atoms with van der Waals surface area (Å²) in [4.78, 5) is 15.2. The Balaban J connectivity index is 1.07. The molecule has 10 aromatic rings. The van der Waals surface area contributed by atoms with E-state index in [4.69, 9.17) is 15.0 Å². The minimum atomic E-state index is 0.581. The summed E-state index contributed by atoms with van der Waals surface area (Å²) in [6.45, 7) is 0. The summed E-state index contributed by atoms with van der Waals surface area (Å²) in [7, 11) is 0. The molecule has 0 aliphatic heterocycles. The van der Waals surface area contributed by atoms with E-state index in [0.717, 1.165) is 54.3 Å². The molecule has 0 saturated heterocycles. The van der Waals surface area contributed by atoms with Crippen molar-refractivity contribution in [1.82, 2.24) is 19.5 Å². The molecule has 0 saturated carbocycles. The van der Waals surface area contributed by atoms with Gasteiger partial charge in [0.25, 0.3) is 0 Å². The second-order valence-electron chi connectivity index (χ2n) is 12.8. The van der Waals surface area contributed by atoms with Crippen molar-refractivity contribution < 1.29 is 0 Å². The first-order chi connectivity index (χ1) is 25.7. The Labute approximate surface area is 303 Å². The third-order valence-corrected chi connectivity index (χ3v) is 10.8. The first-order valence-electron chi connectivity index (χ1n) is 17.1. The predicted molar refractivity (Wildman–Crippen MR) is 214 cm³/mol. The van der Waals surface area contributed by atoms with Crippen LogP contribution in [0.3, 0.4) is 0 Å². The van der Waals surface area contributed by atoms with Gasteiger partial charge >= 0.3 is 0 Å². The quantitative estimate of drug-likeness (QED) is 0.181. The lowest BCUT2D eigenvalue weighted by atomic mass is 9.95. The molecular weight excluding hydrogens is 655 g/mol. The van der Waals surface area contributed by atoms with E-state index >= 15 is 0 Å². The fourth-order valence-corrected chi connectivity index (χ4v) is 8.43. The fraction of sp³-hybridized carbons (Fsp3) is 0. The van der Waals surface area contributed by atoms with Gasteiger partial charge in [0.2, 0.25) is 5.95 Å². The van der Waals surface area contributed by atoms with Crippen LogP contribution in [0.15, 0.2) is 164 Å². The highest BCUT2D eigenvalue weighted by Crippen LogP contribution is 2.41. The van der Waals surface area contributed by atoms with Gasteiger partial charge in [-0.2, -0.15) is 15.2 Å². The zero-order valence-electron chi connectivity index (χ0n) is 27.7. The Morgan fingerprint density at radius 2 is 1.08 bits per heavy atom. The first kappa shape index (κ1) is 29.9. The van der Waals surface area contributed by atoms with Gasteiger partial charge in [-0.3, -0.25) is 4.57 Å². The predicted octanol–water partition coefficient (Wildman–Crippen LogP) is 11.9. The van der Waals surface area contributed by atoms with Gasteiger partial charge in [-0.15, -0.1) is 11.3 Å². The van der Waals surface area contributed by atoms with Crippen molar-refractivity contribution in [3.63, 3.8) is 0 Å². The van der Waals surface area contributed by atoms with Crippen LogP contribution in [-0.2, 0) is 0 Å². The van der Waals surface area contributed by atoms with Gasteiger partial charge in [0.15, 0.2) is 11.6 Å². The molecule has 0 unspecified atom stereocenters. The number of aromatic nitrogens is 4. The van der Waals surface area contributed by atoms with Crippen LogP contribution in [0.4, 0.5) is 0 Å². The van der Waals surface area contributed by atoms with Crippen molar-refractivity contribution in [2.75, 3.05) is 0 Å². The summed E-state index contributed by atoms with van der Waals surface area (Å²) < 4.78 is 4.48. The van der Waals surface area contributed by atoms with E-state index in [9.17, 15) is 5.26 Å². The van der Waals surface area contributed by atoms with Crippen molar-refractivity contribution in [3.8, 4) is 57.0 Å². The Morgan fingerprint density at radius 3 is 1.81 bits per heavy atom. The van der Waals surface area contributed by atoms with E-state index in [1.165, 1.54) is 21.0 Å². The number of fused-ring (bicyclic) bond motifs is 6. The molecule has 52 heavy (non-hydrogen) atoms. The molecule has 3 aromatic heterocycles. The van der Waals surface area contributed by atoms with E-state index in [1.54, 1.807) is 11.3 Å². The number of hydrogen-bond donors (Lipinski definition) is 0. The molecule has 0 radical (unpaired) electrons. The number of benzene rings is 7. The van der Waals surface area contributed by atoms with E-state index < -0.39 is 0 Å². The molecule has 0 aliphatic rings. The molecule has 6 heteroatoms. The van der Waals surface area contributed by atoms with Gasteiger partial charge < -0.3 is 0 Å². The third-order valence-electron chi connectivity index (χ3n) is 9.71. The van der Waals surface area contributed by atoms with E-state index in [1.807, 2.05) is 42.5 Å². The summed E-state index contributed by atoms with van der Waals surface area (Å²) in [5.74, 6) is 1.82. The molecule has 242 valence electrons. The summed E-state index contributed by atoms with van der Waals surface area (Å²) in [5, 5.41) is 14.2. The monoisotopic (exact) mass is 681 g/mol. The van der Waals surface area contributed by atoms with Crippen LogP contribution in [0.5, 0.6) is 0 Å². The maximum atomic E-state index is 9.45. The highest BCUT2D eigenvalue weighted by Gasteiger charge is 2.18. The van der Waals surface area contributed by atoms with E-state index in [-0.39, 0.29) is 0 Å². The number of rotatable bonds is 5. The molecule has 0 atom stereocenters. The summed E-state index contributed by atoms with van der Waals surface area (Å²) in [5.41, 5.74) is 9.18. The first-order valence-corrected chi connectivity index (χ1v) is 17.9. The Kier molecular flexibility index (Phi) is 6.98. The Morgan fingerprint density at radius 1 is 0.462 bits per heavy atom. The molecule has 0 aliphatic carbocycles. The molecule has 0 fully saturated rings. The topological polar surface area (TPSA) is 67.4 Å². The smallest absolute Gasteiger partial charge is 0.238 e. The van der Waals surface area contributed by atoms with Gasteiger partial charge in [-0.05, 0) is 58.7 Å². The maximum Gasteiger partial charge on any atom is 0.238 e.